The summed E-state index contributed by atoms with van der Waals surface area (Å²) in [4.78, 5) is 11.6. The van der Waals surface area contributed by atoms with E-state index in [2.05, 4.69) is 218 Å². The molecule has 0 bridgehead atoms. The summed E-state index contributed by atoms with van der Waals surface area (Å²) in [6.07, 6.45) is 1.75. The number of aromatic nitrogens is 1. The van der Waals surface area contributed by atoms with E-state index >= 15 is 0 Å². The molecule has 3 heterocycles. The van der Waals surface area contributed by atoms with E-state index in [1.165, 1.54) is 91.0 Å². The Labute approximate surface area is 381 Å². The fourth-order valence-corrected chi connectivity index (χ4v) is 11.7. The number of hydrogen-bond acceptors (Lipinski definition) is 3. The third kappa shape index (κ3) is 6.39. The Bertz CT molecular complexity index is 3930. The van der Waals surface area contributed by atoms with Crippen molar-refractivity contribution in [2.75, 3.05) is 0 Å². The third-order valence-electron chi connectivity index (χ3n) is 13.8. The van der Waals surface area contributed by atoms with E-state index in [0.29, 0.717) is 0 Å². The molecule has 0 spiro atoms. The van der Waals surface area contributed by atoms with Gasteiger partial charge >= 0.3 is 0 Å². The van der Waals surface area contributed by atoms with Crippen LogP contribution in [0.1, 0.15) is 42.5 Å². The van der Waals surface area contributed by atoms with Crippen LogP contribution < -0.4 is 0 Å². The van der Waals surface area contributed by atoms with Crippen molar-refractivity contribution in [3.63, 3.8) is 0 Å². The summed E-state index contributed by atoms with van der Waals surface area (Å²) < 4.78 is 5.02. The van der Waals surface area contributed by atoms with Crippen molar-refractivity contribution in [3.8, 4) is 16.8 Å². The van der Waals surface area contributed by atoms with Crippen LogP contribution >= 0.6 is 11.3 Å². The maximum absolute atomic E-state index is 5.81. The maximum atomic E-state index is 5.81. The minimum absolute atomic E-state index is 0.0766. The highest BCUT2D eigenvalue weighted by Crippen LogP contribution is 2.43. The van der Waals surface area contributed by atoms with Gasteiger partial charge in [-0.25, -0.2) is 4.99 Å². The second-order valence-corrected chi connectivity index (χ2v) is 18.8. The molecular formula is C61H43N3S. The lowest BCUT2D eigenvalue weighted by molar-refractivity contribution is 0.446. The average Bonchev–Trinajstić information content (AvgIpc) is 3.90. The molecule has 65 heavy (non-hydrogen) atoms. The molecule has 0 N–H and O–H groups in total. The molecule has 0 saturated carbocycles. The number of hydrogen-bond donors (Lipinski definition) is 0. The summed E-state index contributed by atoms with van der Waals surface area (Å²) in [5, 5.41) is 12.6. The molecule has 1 unspecified atom stereocenters. The fraction of sp³-hybridized carbons (Fsp3) is 0.0820. The fourth-order valence-electron chi connectivity index (χ4n) is 10.5. The molecule has 13 rings (SSSR count). The van der Waals surface area contributed by atoms with Gasteiger partial charge in [-0.2, -0.15) is 0 Å². The molecular weight excluding hydrogens is 807 g/mol. The summed E-state index contributed by atoms with van der Waals surface area (Å²) in [6, 6.07) is 75.6. The van der Waals surface area contributed by atoms with E-state index in [4.69, 9.17) is 9.98 Å². The van der Waals surface area contributed by atoms with Gasteiger partial charge in [-0.15, -0.1) is 11.3 Å². The van der Waals surface area contributed by atoms with Gasteiger partial charge in [0.05, 0.1) is 22.8 Å². The molecule has 0 fully saturated rings. The molecule has 0 radical (unpaired) electrons. The zero-order valence-corrected chi connectivity index (χ0v) is 36.8. The van der Waals surface area contributed by atoms with E-state index in [1.54, 1.807) is 0 Å². The molecule has 2 atom stereocenters. The topological polar surface area (TPSA) is 29.6 Å². The van der Waals surface area contributed by atoms with E-state index in [1.807, 2.05) is 11.3 Å². The van der Waals surface area contributed by atoms with Crippen molar-refractivity contribution in [1.29, 1.82) is 0 Å². The van der Waals surface area contributed by atoms with Crippen LogP contribution in [0.25, 0.3) is 91.1 Å². The molecule has 0 amide bonds. The van der Waals surface area contributed by atoms with Crippen molar-refractivity contribution in [2.45, 2.75) is 25.8 Å². The second-order valence-electron chi connectivity index (χ2n) is 17.7. The van der Waals surface area contributed by atoms with Crippen molar-refractivity contribution in [1.82, 2.24) is 4.57 Å². The highest BCUT2D eigenvalue weighted by molar-refractivity contribution is 7.26. The standard InChI is InChI=1S/C61H43N3S/c1-38-26-31-54(62-61(46-20-13-19-41(32-46)39-14-3-2-4-15-39)63-60(38)45-29-30-49-44(33-45)28-27-40-16-7-8-21-48(40)49)53-36-47(37-58-59(53)51-23-10-12-25-57(51)65-58)64-55-24-11-9-22-50(55)52-34-42-17-5-6-18-43(42)35-56(52)64/h2-25,27-30,32-38,60H,26,31H2,1H3/b62-54+,63-61-/t38-,60?/m1/s1. The number of benzene rings is 10. The molecule has 0 saturated heterocycles. The van der Waals surface area contributed by atoms with Crippen molar-refractivity contribution in [2.24, 2.45) is 15.9 Å². The Balaban J connectivity index is 1.05. The second kappa shape index (κ2) is 15.3. The minimum atomic E-state index is -0.0766. The first-order valence-corrected chi connectivity index (χ1v) is 23.5. The van der Waals surface area contributed by atoms with E-state index < -0.39 is 0 Å². The molecule has 3 nitrogen and oxygen atoms in total. The number of fused-ring (bicyclic) bond motifs is 10. The van der Waals surface area contributed by atoms with Gasteiger partial charge in [-0.1, -0.05) is 165 Å². The predicted molar refractivity (Wildman–Crippen MR) is 279 cm³/mol. The van der Waals surface area contributed by atoms with Gasteiger partial charge in [-0.3, -0.25) is 4.99 Å². The van der Waals surface area contributed by atoms with Gasteiger partial charge in [0.15, 0.2) is 5.84 Å². The van der Waals surface area contributed by atoms with Gasteiger partial charge in [0.1, 0.15) is 0 Å². The first-order valence-electron chi connectivity index (χ1n) is 22.7. The number of aliphatic imine (C=N–C) groups is 2. The predicted octanol–water partition coefficient (Wildman–Crippen LogP) is 16.7. The Morgan fingerprint density at radius 3 is 2.05 bits per heavy atom. The number of rotatable bonds is 5. The Hall–Kier alpha value is -7.66. The first kappa shape index (κ1) is 37.9. The zero-order chi connectivity index (χ0) is 43.0. The van der Waals surface area contributed by atoms with Gasteiger partial charge in [0.25, 0.3) is 0 Å². The van der Waals surface area contributed by atoms with Crippen LogP contribution in [0.4, 0.5) is 0 Å². The molecule has 1 aliphatic rings. The monoisotopic (exact) mass is 849 g/mol. The molecule has 2 aromatic heterocycles. The van der Waals surface area contributed by atoms with Crippen LogP contribution in [0, 0.1) is 5.92 Å². The van der Waals surface area contributed by atoms with Crippen LogP contribution in [0.15, 0.2) is 216 Å². The van der Waals surface area contributed by atoms with E-state index in [9.17, 15) is 0 Å². The Kier molecular flexibility index (Phi) is 8.89. The van der Waals surface area contributed by atoms with E-state index in [0.717, 1.165) is 41.2 Å². The minimum Gasteiger partial charge on any atom is -0.309 e. The average molecular weight is 850 g/mol. The summed E-state index contributed by atoms with van der Waals surface area (Å²) in [5.74, 6) is 1.02. The van der Waals surface area contributed by atoms with Gasteiger partial charge in [-0.05, 0) is 116 Å². The van der Waals surface area contributed by atoms with Gasteiger partial charge < -0.3 is 4.57 Å². The highest BCUT2D eigenvalue weighted by atomic mass is 32.1. The van der Waals surface area contributed by atoms with Crippen LogP contribution in [0.3, 0.4) is 0 Å². The quantitative estimate of drug-likeness (QED) is 0.154. The van der Waals surface area contributed by atoms with Crippen LogP contribution in [-0.2, 0) is 0 Å². The smallest absolute Gasteiger partial charge is 0.155 e. The number of amidine groups is 1. The summed E-state index contributed by atoms with van der Waals surface area (Å²) in [7, 11) is 0. The lowest BCUT2D eigenvalue weighted by Crippen LogP contribution is -2.18. The lowest BCUT2D eigenvalue weighted by Gasteiger charge is -2.26. The van der Waals surface area contributed by atoms with Crippen molar-refractivity contribution in [3.05, 3.63) is 223 Å². The van der Waals surface area contributed by atoms with Crippen LogP contribution in [-0.4, -0.2) is 16.1 Å². The molecule has 12 aromatic rings. The molecule has 10 aromatic carbocycles. The normalized spacial score (nSPS) is 17.4. The van der Waals surface area contributed by atoms with E-state index in [-0.39, 0.29) is 12.0 Å². The van der Waals surface area contributed by atoms with Gasteiger partial charge in [0, 0.05) is 47.8 Å². The molecule has 1 aliphatic heterocycles. The summed E-state index contributed by atoms with van der Waals surface area (Å²) >= 11 is 1.87. The largest absolute Gasteiger partial charge is 0.309 e. The molecule has 4 heteroatoms. The number of para-hydroxylation sites is 1. The Morgan fingerprint density at radius 1 is 0.477 bits per heavy atom. The lowest BCUT2D eigenvalue weighted by atomic mass is 9.87. The zero-order valence-electron chi connectivity index (χ0n) is 35.9. The van der Waals surface area contributed by atoms with Crippen molar-refractivity contribution < 1.29 is 0 Å². The Morgan fingerprint density at radius 2 is 1.17 bits per heavy atom. The summed E-state index contributed by atoms with van der Waals surface area (Å²) in [6.45, 7) is 2.38. The van der Waals surface area contributed by atoms with Crippen LogP contribution in [0.2, 0.25) is 0 Å². The molecule has 308 valence electrons. The maximum Gasteiger partial charge on any atom is 0.155 e. The number of thiophene rings is 1. The first-order chi connectivity index (χ1) is 32.1. The molecule has 0 aliphatic carbocycles. The van der Waals surface area contributed by atoms with Crippen LogP contribution in [0.5, 0.6) is 0 Å². The highest BCUT2D eigenvalue weighted by Gasteiger charge is 2.27. The SMILES string of the molecule is C[C@@H]1CC/C(c2cc(-n3c4ccccc4c4cc5ccccc5cc43)cc3sc4ccccc4c23)=N\C(c2cccc(-c3ccccc3)c2)=N/C1c1ccc2c(ccc3ccccc32)c1. The van der Waals surface area contributed by atoms with Gasteiger partial charge in [0.2, 0.25) is 0 Å². The third-order valence-corrected chi connectivity index (χ3v) is 14.9. The van der Waals surface area contributed by atoms with Crippen molar-refractivity contribution >= 4 is 97.2 Å². The summed E-state index contributed by atoms with van der Waals surface area (Å²) in [5.41, 5.74) is 10.4. The number of nitrogens with zero attached hydrogens (tertiary/aromatic N) is 3.